The summed E-state index contributed by atoms with van der Waals surface area (Å²) >= 11 is 0. The summed E-state index contributed by atoms with van der Waals surface area (Å²) in [4.78, 5) is 34.7. The molecule has 0 aromatic carbocycles. The Morgan fingerprint density at radius 3 is 2.19 bits per heavy atom. The van der Waals surface area contributed by atoms with Crippen molar-refractivity contribution >= 4 is 17.8 Å². The molecule has 0 aromatic heterocycles. The molecular formula is C14H26N2O5. The molecule has 0 aliphatic rings. The molecular weight excluding hydrogens is 276 g/mol. The first-order valence-corrected chi connectivity index (χ1v) is 7.13. The van der Waals surface area contributed by atoms with Gasteiger partial charge in [-0.05, 0) is 25.7 Å². The molecule has 2 amide bonds. The lowest BCUT2D eigenvalue weighted by Crippen LogP contribution is -2.49. The summed E-state index contributed by atoms with van der Waals surface area (Å²) in [5.74, 6) is -2.32. The largest absolute Gasteiger partial charge is 0.466 e. The number of aliphatic hydroxyl groups excluding tert-OH is 1. The number of carbonyl (C=O) groups is 3. The van der Waals surface area contributed by atoms with Gasteiger partial charge in [0.25, 0.3) is 0 Å². The number of nitrogens with one attached hydrogen (secondary N) is 1. The fourth-order valence-corrected chi connectivity index (χ4v) is 1.80. The quantitative estimate of drug-likeness (QED) is 0.516. The fraction of sp³-hybridized carbons (Fsp3) is 0.786. The Kier molecular flexibility index (Phi) is 8.61. The van der Waals surface area contributed by atoms with Crippen LogP contribution in [-0.4, -0.2) is 41.6 Å². The highest BCUT2D eigenvalue weighted by atomic mass is 16.5. The number of hydrogen-bond donors (Lipinski definition) is 3. The van der Waals surface area contributed by atoms with Crippen LogP contribution >= 0.6 is 0 Å². The van der Waals surface area contributed by atoms with Gasteiger partial charge >= 0.3 is 5.97 Å². The van der Waals surface area contributed by atoms with Crippen LogP contribution in [0.3, 0.4) is 0 Å². The number of esters is 1. The second-order valence-electron chi connectivity index (χ2n) is 5.50. The van der Waals surface area contributed by atoms with E-state index in [0.29, 0.717) is 0 Å². The number of nitrogens with two attached hydrogens (primary N) is 1. The predicted molar refractivity (Wildman–Crippen MR) is 77.0 cm³/mol. The molecule has 0 spiro atoms. The van der Waals surface area contributed by atoms with Gasteiger partial charge in [0, 0.05) is 0 Å². The van der Waals surface area contributed by atoms with Crippen molar-refractivity contribution in [3.05, 3.63) is 0 Å². The van der Waals surface area contributed by atoms with Gasteiger partial charge in [0.1, 0.15) is 12.1 Å². The monoisotopic (exact) mass is 302 g/mol. The molecule has 0 unspecified atom stereocenters. The molecule has 7 nitrogen and oxygen atoms in total. The van der Waals surface area contributed by atoms with Crippen molar-refractivity contribution in [3.63, 3.8) is 0 Å². The zero-order chi connectivity index (χ0) is 16.6. The average molecular weight is 302 g/mol. The van der Waals surface area contributed by atoms with Gasteiger partial charge in [0.05, 0.1) is 12.5 Å². The molecule has 0 aromatic rings. The first kappa shape index (κ1) is 19.4. The van der Waals surface area contributed by atoms with Crippen LogP contribution in [0.5, 0.6) is 0 Å². The molecule has 0 aliphatic heterocycles. The molecule has 0 heterocycles. The van der Waals surface area contributed by atoms with Crippen LogP contribution in [0.15, 0.2) is 0 Å². The van der Waals surface area contributed by atoms with Gasteiger partial charge in [-0.1, -0.05) is 20.8 Å². The van der Waals surface area contributed by atoms with Crippen molar-refractivity contribution < 1.29 is 24.2 Å². The van der Waals surface area contributed by atoms with Crippen LogP contribution in [0.2, 0.25) is 0 Å². The number of primary amides is 1. The first-order valence-electron chi connectivity index (χ1n) is 7.13. The fourth-order valence-electron chi connectivity index (χ4n) is 1.80. The Morgan fingerprint density at radius 2 is 1.76 bits per heavy atom. The predicted octanol–water partition coefficient (Wildman–Crippen LogP) is -0.0472. The van der Waals surface area contributed by atoms with Crippen LogP contribution in [0, 0.1) is 11.8 Å². The van der Waals surface area contributed by atoms with Crippen molar-refractivity contribution in [2.45, 2.75) is 52.7 Å². The summed E-state index contributed by atoms with van der Waals surface area (Å²) in [6.07, 6.45) is -0.885. The number of hydrogen-bond acceptors (Lipinski definition) is 5. The number of ether oxygens (including phenoxy) is 1. The average Bonchev–Trinajstić information content (AvgIpc) is 2.36. The van der Waals surface area contributed by atoms with Gasteiger partial charge in [-0.2, -0.15) is 0 Å². The van der Waals surface area contributed by atoms with Gasteiger partial charge in [-0.3, -0.25) is 14.4 Å². The summed E-state index contributed by atoms with van der Waals surface area (Å²) in [6.45, 7) is 7.24. The topological polar surface area (TPSA) is 119 Å². The number of carbonyl (C=O) groups excluding carboxylic acids is 3. The Hall–Kier alpha value is -1.63. The van der Waals surface area contributed by atoms with Crippen molar-refractivity contribution in [1.82, 2.24) is 5.32 Å². The van der Waals surface area contributed by atoms with Gasteiger partial charge < -0.3 is 20.9 Å². The van der Waals surface area contributed by atoms with E-state index in [2.05, 4.69) is 5.32 Å². The third kappa shape index (κ3) is 7.65. The molecule has 0 rings (SSSR count). The van der Waals surface area contributed by atoms with E-state index in [0.717, 1.165) is 0 Å². The summed E-state index contributed by atoms with van der Waals surface area (Å²) in [5, 5.41) is 12.1. The maximum absolute atomic E-state index is 11.8. The summed E-state index contributed by atoms with van der Waals surface area (Å²) in [7, 11) is 0. The van der Waals surface area contributed by atoms with Gasteiger partial charge in [-0.25, -0.2) is 0 Å². The molecule has 21 heavy (non-hydrogen) atoms. The summed E-state index contributed by atoms with van der Waals surface area (Å²) in [5.41, 5.74) is 5.22. The first-order chi connectivity index (χ1) is 9.68. The molecule has 0 aliphatic carbocycles. The van der Waals surface area contributed by atoms with Crippen LogP contribution in [0.1, 0.15) is 40.5 Å². The van der Waals surface area contributed by atoms with Crippen LogP contribution in [0.25, 0.3) is 0 Å². The third-order valence-electron chi connectivity index (χ3n) is 2.94. The van der Waals surface area contributed by atoms with E-state index in [1.165, 1.54) is 0 Å². The molecule has 3 atom stereocenters. The highest BCUT2D eigenvalue weighted by Crippen LogP contribution is 2.10. The second-order valence-corrected chi connectivity index (χ2v) is 5.50. The third-order valence-corrected chi connectivity index (χ3v) is 2.94. The van der Waals surface area contributed by atoms with Crippen molar-refractivity contribution in [2.75, 3.05) is 6.61 Å². The van der Waals surface area contributed by atoms with E-state index in [9.17, 15) is 19.5 Å². The smallest absolute Gasteiger partial charge is 0.308 e. The van der Waals surface area contributed by atoms with Gasteiger partial charge in [0.2, 0.25) is 11.8 Å². The molecule has 0 fully saturated rings. The minimum absolute atomic E-state index is 0.0360. The molecule has 0 saturated carbocycles. The van der Waals surface area contributed by atoms with E-state index in [-0.39, 0.29) is 25.4 Å². The van der Waals surface area contributed by atoms with Crippen molar-refractivity contribution in [1.29, 1.82) is 0 Å². The van der Waals surface area contributed by atoms with E-state index < -0.39 is 35.8 Å². The zero-order valence-corrected chi connectivity index (χ0v) is 13.1. The molecule has 7 heteroatoms. The van der Waals surface area contributed by atoms with E-state index in [4.69, 9.17) is 10.5 Å². The Bertz CT molecular complexity index is 370. The summed E-state index contributed by atoms with van der Waals surface area (Å²) in [6, 6.07) is -1.02. The van der Waals surface area contributed by atoms with E-state index in [1.54, 1.807) is 13.8 Å². The Labute approximate surface area is 125 Å². The maximum Gasteiger partial charge on any atom is 0.308 e. The van der Waals surface area contributed by atoms with Crippen molar-refractivity contribution in [2.24, 2.45) is 17.6 Å². The van der Waals surface area contributed by atoms with Crippen LogP contribution < -0.4 is 11.1 Å². The Morgan fingerprint density at radius 1 is 1.19 bits per heavy atom. The molecule has 4 N–H and O–H groups in total. The molecule has 122 valence electrons. The zero-order valence-electron chi connectivity index (χ0n) is 13.1. The minimum atomic E-state index is -1.20. The van der Waals surface area contributed by atoms with E-state index >= 15 is 0 Å². The second kappa shape index (κ2) is 9.33. The van der Waals surface area contributed by atoms with Gasteiger partial charge in [-0.15, -0.1) is 0 Å². The standard InChI is InChI=1S/C14H26N2O5/c1-5-21-14(20)9(4)7-10(12(15)18)16-13(19)11(17)6-8(2)3/h8-11,17H,5-7H2,1-4H3,(H2,15,18)(H,16,19)/t9-,10+,11-/m1/s1. The lowest BCUT2D eigenvalue weighted by Gasteiger charge is -2.21. The van der Waals surface area contributed by atoms with E-state index in [1.807, 2.05) is 13.8 Å². The minimum Gasteiger partial charge on any atom is -0.466 e. The Balaban J connectivity index is 4.59. The van der Waals surface area contributed by atoms with Crippen molar-refractivity contribution in [3.8, 4) is 0 Å². The normalized spacial score (nSPS) is 15.1. The van der Waals surface area contributed by atoms with Crippen LogP contribution in [-0.2, 0) is 19.1 Å². The highest BCUT2D eigenvalue weighted by Gasteiger charge is 2.27. The number of rotatable bonds is 9. The lowest BCUT2D eigenvalue weighted by molar-refractivity contribution is -0.148. The van der Waals surface area contributed by atoms with Crippen LogP contribution in [0.4, 0.5) is 0 Å². The SMILES string of the molecule is CCOC(=O)[C@H](C)C[C@H](NC(=O)[C@H](O)CC(C)C)C(N)=O. The maximum atomic E-state index is 11.8. The number of aliphatic hydroxyl groups is 1. The number of amides is 2. The van der Waals surface area contributed by atoms with Gasteiger partial charge in [0.15, 0.2) is 0 Å². The molecule has 0 saturated heterocycles. The highest BCUT2D eigenvalue weighted by molar-refractivity contribution is 5.88. The molecule has 0 radical (unpaired) electrons. The lowest BCUT2D eigenvalue weighted by atomic mass is 10.00. The summed E-state index contributed by atoms with van der Waals surface area (Å²) < 4.78 is 4.84. The molecule has 0 bridgehead atoms.